The molecule has 2 atom stereocenters. The number of fused-ring (bicyclic) bond motifs is 1. The van der Waals surface area contributed by atoms with Crippen molar-refractivity contribution in [2.45, 2.75) is 25.0 Å². The van der Waals surface area contributed by atoms with Crippen LogP contribution in [0.4, 0.5) is 4.39 Å². The van der Waals surface area contributed by atoms with Gasteiger partial charge in [0.1, 0.15) is 17.2 Å². The number of rotatable bonds is 3. The highest BCUT2D eigenvalue weighted by molar-refractivity contribution is 5.41. The van der Waals surface area contributed by atoms with Crippen molar-refractivity contribution in [3.05, 3.63) is 65.0 Å². The highest BCUT2D eigenvalue weighted by Crippen LogP contribution is 2.42. The van der Waals surface area contributed by atoms with Gasteiger partial charge in [-0.2, -0.15) is 0 Å². The van der Waals surface area contributed by atoms with Gasteiger partial charge in [0.05, 0.1) is 0 Å². The number of hydrogen-bond acceptors (Lipinski definition) is 3. The first-order valence-electron chi connectivity index (χ1n) is 6.97. The summed E-state index contributed by atoms with van der Waals surface area (Å²) >= 11 is 0. The summed E-state index contributed by atoms with van der Waals surface area (Å²) < 4.78 is 19.6. The largest absolute Gasteiger partial charge is 0.482 e. The number of benzene rings is 2. The van der Waals surface area contributed by atoms with E-state index < -0.39 is 11.7 Å². The van der Waals surface area contributed by atoms with Crippen LogP contribution in [0.2, 0.25) is 0 Å². The lowest BCUT2D eigenvalue weighted by atomic mass is 9.97. The summed E-state index contributed by atoms with van der Waals surface area (Å²) in [7, 11) is 0. The van der Waals surface area contributed by atoms with E-state index in [2.05, 4.69) is 0 Å². The molecule has 0 saturated carbocycles. The van der Waals surface area contributed by atoms with Gasteiger partial charge in [-0.25, -0.2) is 4.39 Å². The Labute approximate surface area is 123 Å². The molecule has 0 saturated heterocycles. The lowest BCUT2D eigenvalue weighted by molar-refractivity contribution is -0.0441. The van der Waals surface area contributed by atoms with E-state index in [1.54, 1.807) is 19.1 Å². The SMILES string of the molecule is Cc1c(F)cccc1OC1c2ccccc2CC1(O)CN. The lowest BCUT2D eigenvalue weighted by Gasteiger charge is -2.30. The van der Waals surface area contributed by atoms with Gasteiger partial charge < -0.3 is 15.6 Å². The van der Waals surface area contributed by atoms with Crippen LogP contribution in [0.25, 0.3) is 0 Å². The molecule has 0 spiro atoms. The second-order valence-electron chi connectivity index (χ2n) is 5.54. The van der Waals surface area contributed by atoms with Crippen molar-refractivity contribution in [3.63, 3.8) is 0 Å². The van der Waals surface area contributed by atoms with Gasteiger partial charge in [0.25, 0.3) is 0 Å². The molecule has 21 heavy (non-hydrogen) atoms. The van der Waals surface area contributed by atoms with Crippen molar-refractivity contribution in [3.8, 4) is 5.75 Å². The van der Waals surface area contributed by atoms with E-state index in [0.717, 1.165) is 11.1 Å². The van der Waals surface area contributed by atoms with Crippen molar-refractivity contribution in [1.82, 2.24) is 0 Å². The molecule has 2 unspecified atom stereocenters. The standard InChI is InChI=1S/C17H18FNO2/c1-11-14(18)7-4-8-15(11)21-16-13-6-3-2-5-12(13)9-17(16,20)10-19/h2-8,16,20H,9-10,19H2,1H3. The first kappa shape index (κ1) is 14.0. The number of hydrogen-bond donors (Lipinski definition) is 2. The second kappa shape index (κ2) is 5.13. The molecule has 4 heteroatoms. The van der Waals surface area contributed by atoms with Crippen LogP contribution in [0, 0.1) is 12.7 Å². The third-order valence-electron chi connectivity index (χ3n) is 4.14. The molecule has 3 rings (SSSR count). The minimum atomic E-state index is -1.16. The number of halogens is 1. The van der Waals surface area contributed by atoms with Crippen LogP contribution in [-0.2, 0) is 6.42 Å². The number of aliphatic hydroxyl groups is 1. The molecule has 2 aromatic carbocycles. The van der Waals surface area contributed by atoms with E-state index in [9.17, 15) is 9.50 Å². The Hall–Kier alpha value is -1.91. The zero-order valence-corrected chi connectivity index (χ0v) is 11.8. The van der Waals surface area contributed by atoms with Crippen LogP contribution in [0.15, 0.2) is 42.5 Å². The summed E-state index contributed by atoms with van der Waals surface area (Å²) in [6, 6.07) is 12.4. The first-order chi connectivity index (χ1) is 10.0. The molecule has 0 aliphatic heterocycles. The van der Waals surface area contributed by atoms with Gasteiger partial charge in [-0.15, -0.1) is 0 Å². The quantitative estimate of drug-likeness (QED) is 0.912. The Morgan fingerprint density at radius 1 is 1.29 bits per heavy atom. The molecule has 0 radical (unpaired) electrons. The van der Waals surface area contributed by atoms with Crippen LogP contribution in [0.1, 0.15) is 22.8 Å². The van der Waals surface area contributed by atoms with Gasteiger partial charge in [0.15, 0.2) is 6.10 Å². The average Bonchev–Trinajstić information content (AvgIpc) is 2.77. The fourth-order valence-corrected chi connectivity index (χ4v) is 2.86. The maximum atomic E-state index is 13.7. The Kier molecular flexibility index (Phi) is 3.43. The minimum Gasteiger partial charge on any atom is -0.482 e. The molecule has 2 aromatic rings. The summed E-state index contributed by atoms with van der Waals surface area (Å²) in [5.74, 6) is 0.110. The van der Waals surface area contributed by atoms with Gasteiger partial charge in [0.2, 0.25) is 0 Å². The summed E-state index contributed by atoms with van der Waals surface area (Å²) in [5, 5.41) is 10.8. The summed E-state index contributed by atoms with van der Waals surface area (Å²) in [4.78, 5) is 0. The molecule has 1 aliphatic rings. The third kappa shape index (κ3) is 2.30. The predicted octanol–water partition coefficient (Wildman–Crippen LogP) is 2.50. The maximum Gasteiger partial charge on any atom is 0.154 e. The topological polar surface area (TPSA) is 55.5 Å². The Balaban J connectivity index is 2.01. The van der Waals surface area contributed by atoms with Gasteiger partial charge in [0, 0.05) is 18.5 Å². The maximum absolute atomic E-state index is 13.7. The van der Waals surface area contributed by atoms with Crippen molar-refractivity contribution < 1.29 is 14.2 Å². The Morgan fingerprint density at radius 3 is 2.81 bits per heavy atom. The molecule has 110 valence electrons. The van der Waals surface area contributed by atoms with Crippen LogP contribution < -0.4 is 10.5 Å². The monoisotopic (exact) mass is 287 g/mol. The highest BCUT2D eigenvalue weighted by atomic mass is 19.1. The molecule has 0 amide bonds. The van der Waals surface area contributed by atoms with Crippen molar-refractivity contribution >= 4 is 0 Å². The molecule has 0 fully saturated rings. The predicted molar refractivity (Wildman–Crippen MR) is 78.7 cm³/mol. The van der Waals surface area contributed by atoms with Crippen LogP contribution in [0.3, 0.4) is 0 Å². The van der Waals surface area contributed by atoms with Gasteiger partial charge >= 0.3 is 0 Å². The van der Waals surface area contributed by atoms with Crippen molar-refractivity contribution in [2.24, 2.45) is 5.73 Å². The molecule has 0 aromatic heterocycles. The van der Waals surface area contributed by atoms with Crippen molar-refractivity contribution in [2.75, 3.05) is 6.54 Å². The summed E-state index contributed by atoms with van der Waals surface area (Å²) in [6.45, 7) is 1.74. The van der Waals surface area contributed by atoms with Gasteiger partial charge in [-0.3, -0.25) is 0 Å². The Morgan fingerprint density at radius 2 is 2.05 bits per heavy atom. The second-order valence-corrected chi connectivity index (χ2v) is 5.54. The fourth-order valence-electron chi connectivity index (χ4n) is 2.86. The molecule has 3 nitrogen and oxygen atoms in total. The highest BCUT2D eigenvalue weighted by Gasteiger charge is 2.45. The minimum absolute atomic E-state index is 0.0840. The van der Waals surface area contributed by atoms with E-state index in [4.69, 9.17) is 10.5 Å². The van der Waals surface area contributed by atoms with Gasteiger partial charge in [-0.05, 0) is 30.2 Å². The lowest BCUT2D eigenvalue weighted by Crippen LogP contribution is -2.44. The molecule has 3 N–H and O–H groups in total. The smallest absolute Gasteiger partial charge is 0.154 e. The number of ether oxygens (including phenoxy) is 1. The van der Waals surface area contributed by atoms with Crippen LogP contribution >= 0.6 is 0 Å². The molecule has 1 aliphatic carbocycles. The Bertz CT molecular complexity index is 674. The normalized spacial score (nSPS) is 23.9. The van der Waals surface area contributed by atoms with Crippen LogP contribution in [0.5, 0.6) is 5.75 Å². The zero-order chi connectivity index (χ0) is 15.0. The number of nitrogens with two attached hydrogens (primary N) is 1. The molecular formula is C17H18FNO2. The van der Waals surface area contributed by atoms with E-state index in [0.29, 0.717) is 17.7 Å². The van der Waals surface area contributed by atoms with E-state index in [-0.39, 0.29) is 12.4 Å². The van der Waals surface area contributed by atoms with E-state index in [1.807, 2.05) is 24.3 Å². The average molecular weight is 287 g/mol. The van der Waals surface area contributed by atoms with E-state index in [1.165, 1.54) is 6.07 Å². The van der Waals surface area contributed by atoms with Crippen molar-refractivity contribution in [1.29, 1.82) is 0 Å². The third-order valence-corrected chi connectivity index (χ3v) is 4.14. The first-order valence-corrected chi connectivity index (χ1v) is 6.97. The summed E-state index contributed by atoms with van der Waals surface area (Å²) in [6.07, 6.45) is -0.141. The zero-order valence-electron chi connectivity index (χ0n) is 11.8. The summed E-state index contributed by atoms with van der Waals surface area (Å²) in [5.41, 5.74) is 6.95. The molecular weight excluding hydrogens is 269 g/mol. The van der Waals surface area contributed by atoms with Crippen LogP contribution in [-0.4, -0.2) is 17.3 Å². The molecule has 0 heterocycles. The molecule has 0 bridgehead atoms. The van der Waals surface area contributed by atoms with E-state index >= 15 is 0 Å². The van der Waals surface area contributed by atoms with Gasteiger partial charge in [-0.1, -0.05) is 30.3 Å². The fraction of sp³-hybridized carbons (Fsp3) is 0.294.